The lowest BCUT2D eigenvalue weighted by atomic mass is 10.0. The van der Waals surface area contributed by atoms with Gasteiger partial charge in [0, 0.05) is 12.7 Å². The smallest absolute Gasteiger partial charge is 0.307 e. The number of para-hydroxylation sites is 1. The molecule has 7 nitrogen and oxygen atoms in total. The van der Waals surface area contributed by atoms with E-state index in [4.69, 9.17) is 23.2 Å². The first-order valence-electron chi connectivity index (χ1n) is 8.71. The first kappa shape index (κ1) is 19.3. The molecule has 0 spiro atoms. The van der Waals surface area contributed by atoms with E-state index < -0.39 is 5.97 Å². The number of pyridine rings is 1. The zero-order chi connectivity index (χ0) is 20.9. The van der Waals surface area contributed by atoms with Gasteiger partial charge in [-0.25, -0.2) is 4.98 Å². The number of imidazole rings is 1. The molecule has 9 heteroatoms. The molecule has 0 amide bonds. The molecule has 0 saturated carbocycles. The van der Waals surface area contributed by atoms with Crippen LogP contribution >= 0.6 is 23.2 Å². The van der Waals surface area contributed by atoms with Crippen molar-refractivity contribution in [1.82, 2.24) is 14.5 Å². The van der Waals surface area contributed by atoms with Gasteiger partial charge in [0.2, 0.25) is 5.95 Å². The van der Waals surface area contributed by atoms with Crippen molar-refractivity contribution in [1.29, 1.82) is 0 Å². The summed E-state index contributed by atoms with van der Waals surface area (Å²) in [7, 11) is 1.76. The van der Waals surface area contributed by atoms with E-state index >= 15 is 0 Å². The number of aromatic nitrogens is 3. The Labute approximate surface area is 174 Å². The number of aliphatic carboxylic acids is 1. The van der Waals surface area contributed by atoms with Crippen LogP contribution in [-0.2, 0) is 18.3 Å². The van der Waals surface area contributed by atoms with Gasteiger partial charge < -0.3 is 20.0 Å². The van der Waals surface area contributed by atoms with E-state index in [2.05, 4.69) is 15.3 Å². The molecule has 2 heterocycles. The van der Waals surface area contributed by atoms with Gasteiger partial charge in [-0.3, -0.25) is 9.59 Å². The summed E-state index contributed by atoms with van der Waals surface area (Å²) in [6.07, 6.45) is -0.192. The molecule has 0 atom stereocenters. The van der Waals surface area contributed by atoms with Crippen LogP contribution in [0.2, 0.25) is 10.0 Å². The molecular weight excluding hydrogens is 415 g/mol. The summed E-state index contributed by atoms with van der Waals surface area (Å²) in [4.78, 5) is 31.4. The molecule has 3 N–H and O–H groups in total. The Bertz CT molecular complexity index is 1340. The van der Waals surface area contributed by atoms with Crippen molar-refractivity contribution in [3.63, 3.8) is 0 Å². The molecule has 0 aliphatic rings. The van der Waals surface area contributed by atoms with Crippen molar-refractivity contribution < 1.29 is 9.90 Å². The molecule has 0 saturated heterocycles. The highest BCUT2D eigenvalue weighted by Gasteiger charge is 2.19. The number of H-pyrrole nitrogens is 1. The van der Waals surface area contributed by atoms with Gasteiger partial charge >= 0.3 is 5.97 Å². The molecule has 4 aromatic rings. The van der Waals surface area contributed by atoms with Crippen LogP contribution in [0.5, 0.6) is 0 Å². The van der Waals surface area contributed by atoms with E-state index in [-0.39, 0.29) is 12.0 Å². The normalized spacial score (nSPS) is 11.3. The summed E-state index contributed by atoms with van der Waals surface area (Å²) < 4.78 is 1.73. The third kappa shape index (κ3) is 3.22. The molecule has 148 valence electrons. The zero-order valence-corrected chi connectivity index (χ0v) is 17.0. The number of carboxylic acids is 1. The number of fused-ring (bicyclic) bond motifs is 3. The lowest BCUT2D eigenvalue weighted by Gasteiger charge is -2.11. The first-order valence-corrected chi connectivity index (χ1v) is 9.47. The summed E-state index contributed by atoms with van der Waals surface area (Å²) in [5.41, 5.74) is 2.48. The second kappa shape index (κ2) is 7.09. The summed E-state index contributed by atoms with van der Waals surface area (Å²) in [6.45, 7) is 1.69. The number of carbonyl (C=O) groups is 1. The molecule has 0 aliphatic heterocycles. The van der Waals surface area contributed by atoms with Crippen LogP contribution in [0.4, 0.5) is 11.6 Å². The summed E-state index contributed by atoms with van der Waals surface area (Å²) >= 11 is 12.5. The van der Waals surface area contributed by atoms with Crippen LogP contribution < -0.4 is 10.9 Å². The third-order valence-corrected chi connectivity index (χ3v) is 5.50. The molecule has 2 aromatic carbocycles. The molecule has 0 bridgehead atoms. The predicted octanol–water partition coefficient (Wildman–Crippen LogP) is 4.40. The molecule has 29 heavy (non-hydrogen) atoms. The van der Waals surface area contributed by atoms with E-state index in [1.54, 1.807) is 48.9 Å². The Kier molecular flexibility index (Phi) is 4.72. The number of carboxylic acid groups (broad SMARTS) is 1. The maximum absolute atomic E-state index is 12.8. The number of nitrogens with zero attached hydrogens (tertiary/aromatic N) is 2. The highest BCUT2D eigenvalue weighted by atomic mass is 35.5. The standard InChI is InChI=1S/C20H16Cl2N4O3/c1-9-11(8-15(27)28)10-6-7-14-18(16(10)19(29)23-9)26(2)20(24-14)25-17-12(21)4-3-5-13(17)22/h3-7H,8H2,1-2H3,(H,23,29)(H,24,25)(H,27,28). The predicted molar refractivity (Wildman–Crippen MR) is 115 cm³/mol. The van der Waals surface area contributed by atoms with Crippen molar-refractivity contribution in [2.75, 3.05) is 5.32 Å². The summed E-state index contributed by atoms with van der Waals surface area (Å²) in [5.74, 6) is -0.524. The fourth-order valence-corrected chi connectivity index (χ4v) is 4.01. The van der Waals surface area contributed by atoms with Crippen molar-refractivity contribution in [3.8, 4) is 0 Å². The van der Waals surface area contributed by atoms with Crippen molar-refractivity contribution in [3.05, 3.63) is 62.0 Å². The number of hydrogen-bond donors (Lipinski definition) is 3. The highest BCUT2D eigenvalue weighted by Crippen LogP contribution is 2.34. The Morgan fingerprint density at radius 3 is 2.59 bits per heavy atom. The molecule has 2 aromatic heterocycles. The second-order valence-electron chi connectivity index (χ2n) is 6.70. The number of aryl methyl sites for hydroxylation is 2. The Morgan fingerprint density at radius 2 is 1.93 bits per heavy atom. The number of anilines is 2. The average Bonchev–Trinajstić information content (AvgIpc) is 2.97. The third-order valence-electron chi connectivity index (χ3n) is 4.87. The highest BCUT2D eigenvalue weighted by molar-refractivity contribution is 6.39. The molecule has 0 unspecified atom stereocenters. The lowest BCUT2D eigenvalue weighted by Crippen LogP contribution is -2.14. The van der Waals surface area contributed by atoms with Crippen LogP contribution in [0.3, 0.4) is 0 Å². The first-order chi connectivity index (χ1) is 13.8. The van der Waals surface area contributed by atoms with Gasteiger partial charge in [-0.05, 0) is 36.1 Å². The molecular formula is C20H16Cl2N4O3. The van der Waals surface area contributed by atoms with Crippen molar-refractivity contribution in [2.24, 2.45) is 7.05 Å². The van der Waals surface area contributed by atoms with Crippen LogP contribution in [0, 0.1) is 6.92 Å². The number of benzene rings is 2. The largest absolute Gasteiger partial charge is 0.481 e. The molecule has 0 radical (unpaired) electrons. The molecule has 0 aliphatic carbocycles. The minimum absolute atomic E-state index is 0.192. The summed E-state index contributed by atoms with van der Waals surface area (Å²) in [6, 6.07) is 8.65. The number of halogens is 2. The fraction of sp³-hybridized carbons (Fsp3) is 0.150. The van der Waals surface area contributed by atoms with Gasteiger partial charge in [0.15, 0.2) is 0 Å². The monoisotopic (exact) mass is 430 g/mol. The fourth-order valence-electron chi connectivity index (χ4n) is 3.52. The van der Waals surface area contributed by atoms with E-state index in [1.807, 2.05) is 0 Å². The number of aromatic amines is 1. The van der Waals surface area contributed by atoms with Gasteiger partial charge in [-0.2, -0.15) is 0 Å². The van der Waals surface area contributed by atoms with Crippen LogP contribution in [-0.4, -0.2) is 25.6 Å². The van der Waals surface area contributed by atoms with Gasteiger partial charge in [0.05, 0.1) is 38.6 Å². The number of rotatable bonds is 4. The van der Waals surface area contributed by atoms with E-state index in [0.717, 1.165) is 0 Å². The average molecular weight is 431 g/mol. The summed E-state index contributed by atoms with van der Waals surface area (Å²) in [5, 5.41) is 14.2. The van der Waals surface area contributed by atoms with Crippen molar-refractivity contribution in [2.45, 2.75) is 13.3 Å². The van der Waals surface area contributed by atoms with Crippen LogP contribution in [0.25, 0.3) is 21.8 Å². The van der Waals surface area contributed by atoms with Gasteiger partial charge in [-0.15, -0.1) is 0 Å². The minimum Gasteiger partial charge on any atom is -0.481 e. The topological polar surface area (TPSA) is 100 Å². The van der Waals surface area contributed by atoms with E-state index in [1.165, 1.54) is 0 Å². The quantitative estimate of drug-likeness (QED) is 0.445. The number of hydrogen-bond acceptors (Lipinski definition) is 4. The van der Waals surface area contributed by atoms with Crippen molar-refractivity contribution >= 4 is 62.6 Å². The SMILES string of the molecule is Cc1[nH]c(=O)c2c(ccc3nc(Nc4c(Cl)cccc4Cl)n(C)c32)c1CC(=O)O. The van der Waals surface area contributed by atoms with E-state index in [0.29, 0.717) is 54.7 Å². The Hall–Kier alpha value is -3.03. The van der Waals surface area contributed by atoms with Gasteiger partial charge in [0.25, 0.3) is 5.56 Å². The second-order valence-corrected chi connectivity index (χ2v) is 7.51. The van der Waals surface area contributed by atoms with Gasteiger partial charge in [-0.1, -0.05) is 35.3 Å². The Morgan fingerprint density at radius 1 is 1.24 bits per heavy atom. The maximum Gasteiger partial charge on any atom is 0.307 e. The van der Waals surface area contributed by atoms with Crippen LogP contribution in [0.15, 0.2) is 35.1 Å². The maximum atomic E-state index is 12.8. The number of nitrogens with one attached hydrogen (secondary N) is 2. The van der Waals surface area contributed by atoms with E-state index in [9.17, 15) is 14.7 Å². The van der Waals surface area contributed by atoms with Gasteiger partial charge in [0.1, 0.15) is 0 Å². The Balaban J connectivity index is 1.98. The lowest BCUT2D eigenvalue weighted by molar-refractivity contribution is -0.136. The zero-order valence-electron chi connectivity index (χ0n) is 15.5. The van der Waals surface area contributed by atoms with Crippen LogP contribution in [0.1, 0.15) is 11.3 Å². The minimum atomic E-state index is -0.970. The molecule has 4 rings (SSSR count). The molecule has 0 fully saturated rings.